The van der Waals surface area contributed by atoms with E-state index in [1.54, 1.807) is 12.3 Å². The number of pyridine rings is 1. The van der Waals surface area contributed by atoms with Crippen LogP contribution in [0.15, 0.2) is 89.5 Å². The van der Waals surface area contributed by atoms with Crippen molar-refractivity contribution in [2.45, 2.75) is 76.7 Å². The fourth-order valence-electron chi connectivity index (χ4n) is 9.74. The van der Waals surface area contributed by atoms with Gasteiger partial charge in [0.15, 0.2) is 0 Å². The van der Waals surface area contributed by atoms with Crippen LogP contribution in [0.2, 0.25) is 5.02 Å². The maximum absolute atomic E-state index is 14.5. The number of sulfonamides is 1. The molecule has 3 aromatic carbocycles. The number of carbonyl (C=O) groups excluding carboxylic acids is 1. The molecule has 4 aliphatic rings. The van der Waals surface area contributed by atoms with Crippen LogP contribution in [0.25, 0.3) is 16.6 Å². The number of allylic oxidation sites excluding steroid dienone is 1. The number of hydrogen-bond donors (Lipinski definition) is 3. The Bertz CT molecular complexity index is 2810. The van der Waals surface area contributed by atoms with Gasteiger partial charge in [-0.05, 0) is 123 Å². The summed E-state index contributed by atoms with van der Waals surface area (Å²) in [6.07, 6.45) is 7.21. The molecule has 3 N–H and O–H groups in total. The van der Waals surface area contributed by atoms with Crippen molar-refractivity contribution in [1.29, 1.82) is 0 Å². The van der Waals surface area contributed by atoms with E-state index in [2.05, 4.69) is 50.8 Å². The van der Waals surface area contributed by atoms with Crippen molar-refractivity contribution in [2.24, 2.45) is 11.3 Å². The van der Waals surface area contributed by atoms with E-state index in [1.807, 2.05) is 55.1 Å². The maximum atomic E-state index is 14.5. The van der Waals surface area contributed by atoms with Gasteiger partial charge in [-0.2, -0.15) is 4.98 Å². The Hall–Kier alpha value is -5.68. The number of nitro benzene ring substituents is 1. The summed E-state index contributed by atoms with van der Waals surface area (Å²) in [6.45, 7) is 14.9. The number of nitrogens with zero attached hydrogens (tertiary/aromatic N) is 5. The standard InChI is InChI=1S/C50H59ClN8O7S/c1-49(2)17-13-36(41(30-49)34-5-7-37(51)8-6-34)32-56-21-23-57(24-22-56)38-9-11-40(43(28-38)58-20-18-50(3,4)66-48-45(58)27-35-14-19-52-46(35)54-48)47(60)55-67(63,64)39-10-12-42(44(29-39)59(61)62)53-31-33-15-25-65-26-16-33/h5-12,14,19,27-29,33,53H,13,15-18,20-26,30-32H2,1-4H3,(H,52,54)(H,55,60). The van der Waals surface area contributed by atoms with Gasteiger partial charge >= 0.3 is 0 Å². The van der Waals surface area contributed by atoms with Crippen molar-refractivity contribution in [3.63, 3.8) is 0 Å². The zero-order valence-corrected chi connectivity index (χ0v) is 40.1. The first-order chi connectivity index (χ1) is 32.0. The maximum Gasteiger partial charge on any atom is 0.293 e. The number of anilines is 4. The first kappa shape index (κ1) is 46.4. The summed E-state index contributed by atoms with van der Waals surface area (Å²) >= 11 is 6.28. The first-order valence-electron chi connectivity index (χ1n) is 23.2. The molecule has 2 saturated heterocycles. The van der Waals surface area contributed by atoms with Gasteiger partial charge in [-0.25, -0.2) is 13.1 Å². The molecule has 5 heterocycles. The van der Waals surface area contributed by atoms with E-state index in [-0.39, 0.29) is 22.6 Å². The zero-order valence-electron chi connectivity index (χ0n) is 38.6. The monoisotopic (exact) mass is 950 g/mol. The highest BCUT2D eigenvalue weighted by atomic mass is 35.5. The lowest BCUT2D eigenvalue weighted by atomic mass is 9.72. The number of carbonyl (C=O) groups is 1. The highest BCUT2D eigenvalue weighted by Crippen LogP contribution is 2.45. The van der Waals surface area contributed by atoms with E-state index in [0.717, 1.165) is 87.0 Å². The van der Waals surface area contributed by atoms with Crippen LogP contribution < -0.4 is 24.6 Å². The van der Waals surface area contributed by atoms with Crippen molar-refractivity contribution < 1.29 is 27.6 Å². The SMILES string of the molecule is CC1(C)CCC(CN2CCN(c3ccc(C(=O)NS(=O)(=O)c4ccc(NCC5CCOCC5)c([N+](=O)[O-])c4)c(N4CCC(C)(C)Oc5nc6[nH]ccc6cc54)c3)CC2)=C(c2ccc(Cl)cc2)C1. The van der Waals surface area contributed by atoms with Crippen LogP contribution in [0.5, 0.6) is 5.88 Å². The number of nitro groups is 1. The number of rotatable bonds is 12. The summed E-state index contributed by atoms with van der Waals surface area (Å²) in [4.78, 5) is 40.6. The lowest BCUT2D eigenvalue weighted by Gasteiger charge is -2.39. The number of piperazine rings is 1. The average molecular weight is 952 g/mol. The van der Waals surface area contributed by atoms with E-state index in [9.17, 15) is 23.3 Å². The normalized spacial score (nSPS) is 19.1. The minimum Gasteiger partial charge on any atom is -0.470 e. The van der Waals surface area contributed by atoms with E-state index < -0.39 is 37.0 Å². The number of nitrogens with one attached hydrogen (secondary N) is 3. The summed E-state index contributed by atoms with van der Waals surface area (Å²) in [5, 5.41) is 17.0. The Labute approximate surface area is 397 Å². The average Bonchev–Trinajstić information content (AvgIpc) is 3.71. The second-order valence-corrected chi connectivity index (χ2v) is 21.8. The van der Waals surface area contributed by atoms with Crippen molar-refractivity contribution in [3.8, 4) is 5.88 Å². The number of amides is 1. The molecular weight excluding hydrogens is 892 g/mol. The van der Waals surface area contributed by atoms with Crippen LogP contribution in [0.3, 0.4) is 0 Å². The zero-order chi connectivity index (χ0) is 47.1. The fraction of sp³-hybridized carbons (Fsp3) is 0.440. The molecule has 15 nitrogen and oxygen atoms in total. The number of benzene rings is 3. The third kappa shape index (κ3) is 10.4. The molecular formula is C50H59ClN8O7S. The molecule has 3 aliphatic heterocycles. The lowest BCUT2D eigenvalue weighted by Crippen LogP contribution is -2.47. The summed E-state index contributed by atoms with van der Waals surface area (Å²) in [5.74, 6) is -0.226. The first-order valence-corrected chi connectivity index (χ1v) is 25.1. The van der Waals surface area contributed by atoms with Crippen LogP contribution in [0.1, 0.15) is 82.1 Å². The molecule has 2 fully saturated rings. The van der Waals surface area contributed by atoms with Gasteiger partial charge < -0.3 is 29.6 Å². The molecule has 17 heteroatoms. The summed E-state index contributed by atoms with van der Waals surface area (Å²) < 4.78 is 42.3. The molecule has 0 radical (unpaired) electrons. The Kier molecular flexibility index (Phi) is 13.0. The van der Waals surface area contributed by atoms with Gasteiger partial charge in [0.1, 0.15) is 22.6 Å². The molecule has 0 spiro atoms. The molecule has 0 bridgehead atoms. The third-order valence-electron chi connectivity index (χ3n) is 13.8. The van der Waals surface area contributed by atoms with Gasteiger partial charge in [-0.15, -0.1) is 0 Å². The van der Waals surface area contributed by atoms with E-state index >= 15 is 0 Å². The number of aromatic amines is 1. The second kappa shape index (κ2) is 18.8. The molecule has 2 aromatic heterocycles. The third-order valence-corrected chi connectivity index (χ3v) is 15.3. The predicted octanol–water partition coefficient (Wildman–Crippen LogP) is 9.57. The van der Waals surface area contributed by atoms with Crippen LogP contribution in [-0.2, 0) is 14.8 Å². The van der Waals surface area contributed by atoms with Gasteiger partial charge in [0.2, 0.25) is 5.88 Å². The number of aromatic nitrogens is 2. The van der Waals surface area contributed by atoms with Gasteiger partial charge in [0.05, 0.1) is 21.1 Å². The second-order valence-electron chi connectivity index (χ2n) is 19.7. The number of fused-ring (bicyclic) bond motifs is 2. The number of H-pyrrole nitrogens is 1. The predicted molar refractivity (Wildman–Crippen MR) is 263 cm³/mol. The topological polar surface area (TPSA) is 175 Å². The van der Waals surface area contributed by atoms with Crippen LogP contribution in [0.4, 0.5) is 28.4 Å². The lowest BCUT2D eigenvalue weighted by molar-refractivity contribution is -0.384. The molecule has 0 unspecified atom stereocenters. The highest BCUT2D eigenvalue weighted by molar-refractivity contribution is 7.90. The van der Waals surface area contributed by atoms with Gasteiger partial charge in [0, 0.05) is 93.8 Å². The molecule has 67 heavy (non-hydrogen) atoms. The van der Waals surface area contributed by atoms with Crippen molar-refractivity contribution in [3.05, 3.63) is 111 Å². The van der Waals surface area contributed by atoms with E-state index in [4.69, 9.17) is 26.1 Å². The van der Waals surface area contributed by atoms with Gasteiger partial charge in [-0.1, -0.05) is 43.2 Å². The van der Waals surface area contributed by atoms with E-state index in [0.29, 0.717) is 55.6 Å². The Balaban J connectivity index is 1.01. The largest absolute Gasteiger partial charge is 0.470 e. The molecule has 0 atom stereocenters. The molecule has 9 rings (SSSR count). The summed E-state index contributed by atoms with van der Waals surface area (Å²) in [6, 6.07) is 21.2. The Morgan fingerprint density at radius 1 is 0.940 bits per heavy atom. The number of hydrogen-bond acceptors (Lipinski definition) is 12. The fourth-order valence-corrected chi connectivity index (χ4v) is 10.8. The van der Waals surface area contributed by atoms with E-state index in [1.165, 1.54) is 28.8 Å². The number of ether oxygens (including phenoxy) is 2. The molecule has 0 saturated carbocycles. The molecule has 5 aromatic rings. The molecule has 1 amide bonds. The van der Waals surface area contributed by atoms with Crippen LogP contribution in [-0.4, -0.2) is 98.7 Å². The Morgan fingerprint density at radius 3 is 2.45 bits per heavy atom. The summed E-state index contributed by atoms with van der Waals surface area (Å²) in [5.41, 5.74) is 6.29. The highest BCUT2D eigenvalue weighted by Gasteiger charge is 2.35. The summed E-state index contributed by atoms with van der Waals surface area (Å²) in [7, 11) is -4.58. The minimum absolute atomic E-state index is 0.108. The molecule has 354 valence electrons. The van der Waals surface area contributed by atoms with Crippen LogP contribution >= 0.6 is 11.6 Å². The number of halogens is 1. The van der Waals surface area contributed by atoms with Crippen molar-refractivity contribution in [2.75, 3.05) is 74.1 Å². The van der Waals surface area contributed by atoms with Gasteiger partial charge in [-0.3, -0.25) is 19.8 Å². The van der Waals surface area contributed by atoms with Crippen LogP contribution in [0, 0.1) is 21.4 Å². The molecule has 1 aliphatic carbocycles. The van der Waals surface area contributed by atoms with Crippen molar-refractivity contribution >= 4 is 72.6 Å². The quantitative estimate of drug-likeness (QED) is 0.0799. The smallest absolute Gasteiger partial charge is 0.293 e. The van der Waals surface area contributed by atoms with Gasteiger partial charge in [0.25, 0.3) is 21.6 Å². The Morgan fingerprint density at radius 2 is 1.70 bits per heavy atom. The minimum atomic E-state index is -4.58. The van der Waals surface area contributed by atoms with Crippen molar-refractivity contribution in [1.82, 2.24) is 19.6 Å².